The predicted molar refractivity (Wildman–Crippen MR) is 94.1 cm³/mol. The zero-order valence-corrected chi connectivity index (χ0v) is 15.6. The van der Waals surface area contributed by atoms with Crippen LogP contribution < -0.4 is 5.32 Å². The van der Waals surface area contributed by atoms with Crippen molar-refractivity contribution in [2.45, 2.75) is 63.8 Å². The molecule has 156 valence electrons. The molecule has 1 aromatic heterocycles. The first kappa shape index (κ1) is 20.9. The Bertz CT molecular complexity index is 720. The summed E-state index contributed by atoms with van der Waals surface area (Å²) in [6.07, 6.45) is -3.67. The second-order valence-corrected chi connectivity index (χ2v) is 7.32. The number of halogens is 4. The maximum Gasteiger partial charge on any atom is 0.391 e. The molecule has 0 saturated carbocycles. The number of hydrogen-bond donors (Lipinski definition) is 2. The highest BCUT2D eigenvalue weighted by molar-refractivity contribution is 5.64. The molecule has 10 heteroatoms. The molecule has 0 bridgehead atoms. The minimum Gasteiger partial charge on any atom is -0.386 e. The van der Waals surface area contributed by atoms with Gasteiger partial charge in [0.15, 0.2) is 5.82 Å². The lowest BCUT2D eigenvalue weighted by molar-refractivity contribution is -0.171. The van der Waals surface area contributed by atoms with E-state index < -0.39 is 24.0 Å². The lowest BCUT2D eigenvalue weighted by Gasteiger charge is -2.20. The zero-order chi connectivity index (χ0) is 20.3. The van der Waals surface area contributed by atoms with Crippen LogP contribution in [-0.2, 0) is 11.2 Å². The Morgan fingerprint density at radius 1 is 1.25 bits per heavy atom. The van der Waals surface area contributed by atoms with E-state index in [0.29, 0.717) is 32.5 Å². The molecule has 0 spiro atoms. The van der Waals surface area contributed by atoms with Crippen molar-refractivity contribution >= 4 is 11.5 Å². The van der Waals surface area contributed by atoms with E-state index in [1.807, 2.05) is 0 Å². The molecule has 28 heavy (non-hydrogen) atoms. The number of alkyl halides is 3. The summed E-state index contributed by atoms with van der Waals surface area (Å²) in [7, 11) is 0. The number of aliphatic hydroxyl groups excluding tert-OH is 1. The predicted octanol–water partition coefficient (Wildman–Crippen LogP) is 3.43. The summed E-state index contributed by atoms with van der Waals surface area (Å²) in [5.41, 5.74) is 0.192. The third kappa shape index (κ3) is 5.16. The third-order valence-corrected chi connectivity index (χ3v) is 5.06. The highest BCUT2D eigenvalue weighted by Crippen LogP contribution is 2.33. The summed E-state index contributed by atoms with van der Waals surface area (Å²) in [6, 6.07) is -0.0204. The Morgan fingerprint density at radius 2 is 2.04 bits per heavy atom. The highest BCUT2D eigenvalue weighted by Gasteiger charge is 2.35. The van der Waals surface area contributed by atoms with Crippen molar-refractivity contribution in [3.8, 4) is 0 Å². The SMILES string of the molecule is C[C@@H](CCc1nc(N[C@H]2CCOC2)nc(C2=C(F)C(O)CCC2)n1)C(F)(F)F. The second-order valence-electron chi connectivity index (χ2n) is 7.32. The summed E-state index contributed by atoms with van der Waals surface area (Å²) in [5.74, 6) is -1.75. The smallest absolute Gasteiger partial charge is 0.386 e. The highest BCUT2D eigenvalue weighted by atomic mass is 19.4. The first-order valence-electron chi connectivity index (χ1n) is 9.47. The van der Waals surface area contributed by atoms with Crippen molar-refractivity contribution < 1.29 is 27.4 Å². The van der Waals surface area contributed by atoms with E-state index in [2.05, 4.69) is 20.3 Å². The third-order valence-electron chi connectivity index (χ3n) is 5.06. The summed E-state index contributed by atoms with van der Waals surface area (Å²) in [6.45, 7) is 2.17. The molecule has 2 aliphatic rings. The molecule has 1 saturated heterocycles. The van der Waals surface area contributed by atoms with Crippen molar-refractivity contribution in [2.24, 2.45) is 5.92 Å². The number of ether oxygens (including phenoxy) is 1. The number of allylic oxidation sites excluding steroid dienone is 1. The van der Waals surface area contributed by atoms with Gasteiger partial charge in [-0.25, -0.2) is 9.37 Å². The number of aromatic nitrogens is 3. The van der Waals surface area contributed by atoms with Crippen LogP contribution in [0.15, 0.2) is 5.83 Å². The van der Waals surface area contributed by atoms with Crippen molar-refractivity contribution in [3.63, 3.8) is 0 Å². The molecule has 3 rings (SSSR count). The van der Waals surface area contributed by atoms with Gasteiger partial charge in [-0.15, -0.1) is 0 Å². The van der Waals surface area contributed by atoms with Crippen LogP contribution in [0.25, 0.3) is 5.57 Å². The normalized spacial score (nSPS) is 24.5. The monoisotopic (exact) mass is 404 g/mol. The van der Waals surface area contributed by atoms with Gasteiger partial charge in [0.05, 0.1) is 18.6 Å². The number of nitrogens with one attached hydrogen (secondary N) is 1. The lowest BCUT2D eigenvalue weighted by Crippen LogP contribution is -2.23. The van der Waals surface area contributed by atoms with Gasteiger partial charge in [0.25, 0.3) is 0 Å². The minimum atomic E-state index is -4.29. The summed E-state index contributed by atoms with van der Waals surface area (Å²) in [4.78, 5) is 12.7. The summed E-state index contributed by atoms with van der Waals surface area (Å²) >= 11 is 0. The van der Waals surface area contributed by atoms with Crippen LogP contribution >= 0.6 is 0 Å². The van der Waals surface area contributed by atoms with E-state index >= 15 is 0 Å². The van der Waals surface area contributed by atoms with Gasteiger partial charge >= 0.3 is 6.18 Å². The van der Waals surface area contributed by atoms with Gasteiger partial charge in [-0.1, -0.05) is 6.92 Å². The topological polar surface area (TPSA) is 80.2 Å². The Morgan fingerprint density at radius 3 is 2.71 bits per heavy atom. The van der Waals surface area contributed by atoms with Gasteiger partial charge in [-0.05, 0) is 32.1 Å². The Hall–Kier alpha value is -1.81. The van der Waals surface area contributed by atoms with Gasteiger partial charge < -0.3 is 15.2 Å². The molecular weight excluding hydrogens is 380 g/mol. The van der Waals surface area contributed by atoms with Crippen LogP contribution in [0.3, 0.4) is 0 Å². The molecule has 2 heterocycles. The lowest BCUT2D eigenvalue weighted by atomic mass is 9.95. The number of aliphatic hydroxyl groups is 1. The molecule has 1 unspecified atom stereocenters. The summed E-state index contributed by atoms with van der Waals surface area (Å²) in [5, 5.41) is 12.9. The first-order valence-corrected chi connectivity index (χ1v) is 9.47. The molecule has 1 aliphatic carbocycles. The number of nitrogens with zero attached hydrogens (tertiary/aromatic N) is 3. The maximum absolute atomic E-state index is 14.4. The quantitative estimate of drug-likeness (QED) is 0.708. The van der Waals surface area contributed by atoms with Gasteiger partial charge in [0, 0.05) is 18.6 Å². The van der Waals surface area contributed by atoms with Crippen LogP contribution in [0.2, 0.25) is 0 Å². The Balaban J connectivity index is 1.86. The number of anilines is 1. The molecular formula is C18H24F4N4O2. The molecule has 6 nitrogen and oxygen atoms in total. The molecule has 1 aliphatic heterocycles. The average molecular weight is 404 g/mol. The molecule has 0 amide bonds. The van der Waals surface area contributed by atoms with Crippen molar-refractivity contribution in [1.29, 1.82) is 0 Å². The van der Waals surface area contributed by atoms with E-state index in [0.717, 1.165) is 13.3 Å². The Labute approximate surface area is 160 Å². The van der Waals surface area contributed by atoms with Crippen LogP contribution in [0, 0.1) is 5.92 Å². The summed E-state index contributed by atoms with van der Waals surface area (Å²) < 4.78 is 58.1. The number of rotatable bonds is 6. The van der Waals surface area contributed by atoms with Crippen LogP contribution in [-0.4, -0.2) is 51.6 Å². The first-order chi connectivity index (χ1) is 13.2. The zero-order valence-electron chi connectivity index (χ0n) is 15.6. The van der Waals surface area contributed by atoms with Gasteiger partial charge in [0.2, 0.25) is 5.95 Å². The molecule has 1 fully saturated rings. The minimum absolute atomic E-state index is 0.0104. The van der Waals surface area contributed by atoms with E-state index in [9.17, 15) is 22.7 Å². The molecule has 2 N–H and O–H groups in total. The van der Waals surface area contributed by atoms with Crippen molar-refractivity contribution in [1.82, 2.24) is 15.0 Å². The second kappa shape index (κ2) is 8.69. The van der Waals surface area contributed by atoms with Gasteiger partial charge in [0.1, 0.15) is 17.8 Å². The van der Waals surface area contributed by atoms with Crippen LogP contribution in [0.4, 0.5) is 23.5 Å². The van der Waals surface area contributed by atoms with Gasteiger partial charge in [-0.2, -0.15) is 23.1 Å². The maximum atomic E-state index is 14.4. The fourth-order valence-electron chi connectivity index (χ4n) is 3.21. The largest absolute Gasteiger partial charge is 0.391 e. The van der Waals surface area contributed by atoms with Crippen LogP contribution in [0.1, 0.15) is 50.7 Å². The van der Waals surface area contributed by atoms with E-state index in [1.165, 1.54) is 0 Å². The molecule has 1 aromatic rings. The molecule has 0 aromatic carbocycles. The fourth-order valence-corrected chi connectivity index (χ4v) is 3.21. The van der Waals surface area contributed by atoms with E-state index in [-0.39, 0.29) is 42.1 Å². The number of aryl methyl sites for hydroxylation is 1. The van der Waals surface area contributed by atoms with Crippen molar-refractivity contribution in [2.75, 3.05) is 18.5 Å². The molecule has 0 radical (unpaired) electrons. The average Bonchev–Trinajstić information content (AvgIpc) is 3.14. The standard InChI is InChI=1S/C18H24F4N4O2/c1-10(18(20,21)22)5-6-14-24-16(12-3-2-4-13(27)15(12)19)26-17(25-14)23-11-7-8-28-9-11/h10-11,13,27H,2-9H2,1H3,(H,23,24,25,26)/t10-,11-,13?/m0/s1. The fraction of sp³-hybridized carbons (Fsp3) is 0.722. The van der Waals surface area contributed by atoms with Crippen molar-refractivity contribution in [3.05, 3.63) is 17.5 Å². The van der Waals surface area contributed by atoms with E-state index in [1.54, 1.807) is 0 Å². The Kier molecular flexibility index (Phi) is 6.49. The van der Waals surface area contributed by atoms with Gasteiger partial charge in [-0.3, -0.25) is 0 Å². The van der Waals surface area contributed by atoms with Crippen LogP contribution in [0.5, 0.6) is 0 Å². The molecule has 3 atom stereocenters. The van der Waals surface area contributed by atoms with E-state index in [4.69, 9.17) is 4.74 Å². The number of hydrogen-bond acceptors (Lipinski definition) is 6.